The molecule has 26 heavy (non-hydrogen) atoms. The van der Waals surface area contributed by atoms with Gasteiger partial charge in [0.25, 0.3) is 0 Å². The molecule has 0 N–H and O–H groups in total. The predicted octanol–water partition coefficient (Wildman–Crippen LogP) is 3.01. The van der Waals surface area contributed by atoms with Crippen molar-refractivity contribution in [2.75, 3.05) is 56.5 Å². The van der Waals surface area contributed by atoms with E-state index in [1.54, 1.807) is 0 Å². The van der Waals surface area contributed by atoms with Gasteiger partial charge in [-0.25, -0.2) is 9.97 Å². The Balaban J connectivity index is 1.95. The van der Waals surface area contributed by atoms with Gasteiger partial charge in [0, 0.05) is 45.3 Å². The van der Waals surface area contributed by atoms with Crippen LogP contribution in [0.4, 0.5) is 5.82 Å². The standard InChI is InChI=1S/C18H30ClN5OS/c1-4-7-23(8-5-2)16-13-15(19)20-18(21-16)26-14-17(25)24-11-9-22(6-3)10-12-24/h13H,4-12,14H2,1-3H3. The summed E-state index contributed by atoms with van der Waals surface area (Å²) in [6.07, 6.45) is 2.10. The van der Waals surface area contributed by atoms with E-state index in [0.29, 0.717) is 16.1 Å². The van der Waals surface area contributed by atoms with Crippen molar-refractivity contribution in [3.05, 3.63) is 11.2 Å². The van der Waals surface area contributed by atoms with Crippen LogP contribution >= 0.6 is 23.4 Å². The quantitative estimate of drug-likeness (QED) is 0.361. The summed E-state index contributed by atoms with van der Waals surface area (Å²) in [6, 6.07) is 1.81. The van der Waals surface area contributed by atoms with Crippen LogP contribution in [0.5, 0.6) is 0 Å². The van der Waals surface area contributed by atoms with E-state index in [0.717, 1.165) is 64.5 Å². The van der Waals surface area contributed by atoms with Crippen LogP contribution < -0.4 is 4.90 Å². The van der Waals surface area contributed by atoms with Crippen molar-refractivity contribution in [1.82, 2.24) is 19.8 Å². The summed E-state index contributed by atoms with van der Waals surface area (Å²) in [6.45, 7) is 12.9. The Morgan fingerprint density at radius 3 is 2.38 bits per heavy atom. The van der Waals surface area contributed by atoms with E-state index in [1.807, 2.05) is 11.0 Å². The average Bonchev–Trinajstić information content (AvgIpc) is 2.65. The molecule has 2 rings (SSSR count). The predicted molar refractivity (Wildman–Crippen MR) is 109 cm³/mol. The van der Waals surface area contributed by atoms with Crippen molar-refractivity contribution in [2.45, 2.75) is 38.8 Å². The summed E-state index contributed by atoms with van der Waals surface area (Å²) in [5, 5.41) is 1.00. The molecule has 0 radical (unpaired) electrons. The first-order chi connectivity index (χ1) is 12.6. The Hall–Kier alpha value is -1.05. The first-order valence-electron chi connectivity index (χ1n) is 9.49. The van der Waals surface area contributed by atoms with Gasteiger partial charge in [0.15, 0.2) is 5.16 Å². The summed E-state index contributed by atoms with van der Waals surface area (Å²) in [4.78, 5) is 27.9. The maximum absolute atomic E-state index is 12.5. The van der Waals surface area contributed by atoms with Crippen molar-refractivity contribution >= 4 is 35.1 Å². The van der Waals surface area contributed by atoms with E-state index in [1.165, 1.54) is 11.8 Å². The summed E-state index contributed by atoms with van der Waals surface area (Å²) in [7, 11) is 0. The molecule has 1 aromatic rings. The molecule has 0 bridgehead atoms. The third-order valence-electron chi connectivity index (χ3n) is 4.47. The lowest BCUT2D eigenvalue weighted by atomic mass is 10.3. The smallest absolute Gasteiger partial charge is 0.233 e. The summed E-state index contributed by atoms with van der Waals surface area (Å²) in [5.41, 5.74) is 0. The largest absolute Gasteiger partial charge is 0.356 e. The third-order valence-corrected chi connectivity index (χ3v) is 5.49. The van der Waals surface area contributed by atoms with Crippen LogP contribution in [0.1, 0.15) is 33.6 Å². The number of anilines is 1. The Kier molecular flexibility index (Phi) is 8.95. The van der Waals surface area contributed by atoms with E-state index in [-0.39, 0.29) is 5.91 Å². The van der Waals surface area contributed by atoms with Crippen molar-refractivity contribution in [3.63, 3.8) is 0 Å². The molecule has 0 aliphatic carbocycles. The van der Waals surface area contributed by atoms with Crippen LogP contribution in [0.3, 0.4) is 0 Å². The van der Waals surface area contributed by atoms with Gasteiger partial charge in [0.2, 0.25) is 5.91 Å². The number of hydrogen-bond acceptors (Lipinski definition) is 6. The molecule has 1 fully saturated rings. The Labute approximate surface area is 166 Å². The maximum atomic E-state index is 12.5. The number of amides is 1. The number of halogens is 1. The highest BCUT2D eigenvalue weighted by molar-refractivity contribution is 7.99. The first kappa shape index (κ1) is 21.3. The van der Waals surface area contributed by atoms with Crippen molar-refractivity contribution in [3.8, 4) is 0 Å². The minimum Gasteiger partial charge on any atom is -0.356 e. The molecule has 0 atom stereocenters. The highest BCUT2D eigenvalue weighted by Crippen LogP contribution is 2.22. The fourth-order valence-electron chi connectivity index (χ4n) is 3.02. The van der Waals surface area contributed by atoms with Crippen LogP contribution in [0, 0.1) is 0 Å². The number of aromatic nitrogens is 2. The van der Waals surface area contributed by atoms with E-state index in [4.69, 9.17) is 11.6 Å². The molecule has 6 nitrogen and oxygen atoms in total. The summed E-state index contributed by atoms with van der Waals surface area (Å²) >= 11 is 7.57. The molecule has 0 saturated carbocycles. The normalized spacial score (nSPS) is 15.3. The second kappa shape index (κ2) is 10.9. The molecular weight excluding hydrogens is 370 g/mol. The number of piperazine rings is 1. The minimum absolute atomic E-state index is 0.148. The molecule has 0 unspecified atom stereocenters. The zero-order valence-electron chi connectivity index (χ0n) is 16.1. The summed E-state index contributed by atoms with van der Waals surface area (Å²) in [5.74, 6) is 1.35. The van der Waals surface area contributed by atoms with Crippen LogP contribution in [0.2, 0.25) is 5.15 Å². The van der Waals surface area contributed by atoms with Crippen LogP contribution in [0.15, 0.2) is 11.2 Å². The number of hydrogen-bond donors (Lipinski definition) is 0. The fraction of sp³-hybridized carbons (Fsp3) is 0.722. The second-order valence-electron chi connectivity index (χ2n) is 6.42. The van der Waals surface area contributed by atoms with Gasteiger partial charge in [-0.15, -0.1) is 0 Å². The maximum Gasteiger partial charge on any atom is 0.233 e. The molecule has 1 amide bonds. The molecule has 1 aromatic heterocycles. The fourth-order valence-corrected chi connectivity index (χ4v) is 4.01. The number of likely N-dealkylation sites (N-methyl/N-ethyl adjacent to an activating group) is 1. The van der Waals surface area contributed by atoms with Crippen LogP contribution in [-0.4, -0.2) is 77.2 Å². The lowest BCUT2D eigenvalue weighted by Crippen LogP contribution is -2.49. The van der Waals surface area contributed by atoms with Crippen LogP contribution in [-0.2, 0) is 4.79 Å². The van der Waals surface area contributed by atoms with Gasteiger partial charge in [-0.2, -0.15) is 0 Å². The number of nitrogens with zero attached hydrogens (tertiary/aromatic N) is 5. The molecule has 1 aliphatic rings. The molecular formula is C18H30ClN5OS. The molecule has 0 aromatic carbocycles. The molecule has 0 spiro atoms. The van der Waals surface area contributed by atoms with E-state index in [2.05, 4.69) is 40.5 Å². The average molecular weight is 400 g/mol. The molecule has 8 heteroatoms. The van der Waals surface area contributed by atoms with Crippen LogP contribution in [0.25, 0.3) is 0 Å². The Bertz CT molecular complexity index is 575. The van der Waals surface area contributed by atoms with Gasteiger partial charge in [-0.1, -0.05) is 44.1 Å². The topological polar surface area (TPSA) is 52.6 Å². The van der Waals surface area contributed by atoms with E-state index >= 15 is 0 Å². The van der Waals surface area contributed by atoms with Crippen molar-refractivity contribution < 1.29 is 4.79 Å². The lowest BCUT2D eigenvalue weighted by molar-refractivity contribution is -0.130. The highest BCUT2D eigenvalue weighted by atomic mass is 35.5. The highest BCUT2D eigenvalue weighted by Gasteiger charge is 2.20. The molecule has 1 saturated heterocycles. The van der Waals surface area contributed by atoms with Gasteiger partial charge in [0.1, 0.15) is 11.0 Å². The van der Waals surface area contributed by atoms with Gasteiger partial charge in [0.05, 0.1) is 5.75 Å². The second-order valence-corrected chi connectivity index (χ2v) is 7.75. The lowest BCUT2D eigenvalue weighted by Gasteiger charge is -2.34. The Morgan fingerprint density at radius 2 is 1.81 bits per heavy atom. The first-order valence-corrected chi connectivity index (χ1v) is 10.9. The number of carbonyl (C=O) groups is 1. The summed E-state index contributed by atoms with van der Waals surface area (Å²) < 4.78 is 0. The molecule has 146 valence electrons. The monoisotopic (exact) mass is 399 g/mol. The van der Waals surface area contributed by atoms with Crippen molar-refractivity contribution in [2.24, 2.45) is 0 Å². The zero-order valence-corrected chi connectivity index (χ0v) is 17.7. The van der Waals surface area contributed by atoms with Gasteiger partial charge in [-0.05, 0) is 19.4 Å². The van der Waals surface area contributed by atoms with Crippen molar-refractivity contribution in [1.29, 1.82) is 0 Å². The number of thioether (sulfide) groups is 1. The van der Waals surface area contributed by atoms with Gasteiger partial charge >= 0.3 is 0 Å². The van der Waals surface area contributed by atoms with Gasteiger partial charge < -0.3 is 14.7 Å². The third kappa shape index (κ3) is 6.28. The zero-order chi connectivity index (χ0) is 18.9. The van der Waals surface area contributed by atoms with Gasteiger partial charge in [-0.3, -0.25) is 4.79 Å². The minimum atomic E-state index is 0.148. The molecule has 1 aliphatic heterocycles. The molecule has 2 heterocycles. The number of rotatable bonds is 9. The Morgan fingerprint density at radius 1 is 1.15 bits per heavy atom. The van der Waals surface area contributed by atoms with E-state index < -0.39 is 0 Å². The number of carbonyl (C=O) groups excluding carboxylic acids is 1. The SMILES string of the molecule is CCCN(CCC)c1cc(Cl)nc(SCC(=O)N2CCN(CC)CC2)n1. The van der Waals surface area contributed by atoms with E-state index in [9.17, 15) is 4.79 Å².